The third kappa shape index (κ3) is 5.69. The maximum Gasteiger partial charge on any atom is 0.422 e. The molecule has 0 aromatic heterocycles. The molecule has 3 rings (SSSR count). The largest absolute Gasteiger partial charge is 0.482 e. The number of hydrogen-bond acceptors (Lipinski definition) is 2. The van der Waals surface area contributed by atoms with Gasteiger partial charge < -0.3 is 9.84 Å². The van der Waals surface area contributed by atoms with Crippen LogP contribution >= 0.6 is 11.6 Å². The number of ether oxygens (including phenoxy) is 1. The van der Waals surface area contributed by atoms with Gasteiger partial charge in [0.2, 0.25) is 0 Å². The Bertz CT molecular complexity index is 903. The van der Waals surface area contributed by atoms with Crippen molar-refractivity contribution < 1.29 is 27.8 Å². The van der Waals surface area contributed by atoms with E-state index < -0.39 is 24.7 Å². The van der Waals surface area contributed by atoms with Crippen molar-refractivity contribution in [3.63, 3.8) is 0 Å². The summed E-state index contributed by atoms with van der Waals surface area (Å²) in [5.74, 6) is -1.17. The summed E-state index contributed by atoms with van der Waals surface area (Å²) in [4.78, 5) is 11.9. The first-order valence-corrected chi connectivity index (χ1v) is 10.3. The van der Waals surface area contributed by atoms with Crippen LogP contribution in [0.5, 0.6) is 5.75 Å². The Hall–Kier alpha value is -2.21. The lowest BCUT2D eigenvalue weighted by Gasteiger charge is -2.19. The quantitative estimate of drug-likeness (QED) is 0.478. The molecule has 2 aromatic carbocycles. The van der Waals surface area contributed by atoms with Crippen LogP contribution in [0.4, 0.5) is 13.2 Å². The number of rotatable bonds is 8. The van der Waals surface area contributed by atoms with Crippen molar-refractivity contribution in [1.29, 1.82) is 0 Å². The molecular formula is C23H24ClF3O3. The zero-order chi connectivity index (χ0) is 22.1. The number of hydrogen-bond donors (Lipinski definition) is 1. The average molecular weight is 441 g/mol. The Labute approximate surface area is 178 Å². The topological polar surface area (TPSA) is 46.5 Å². The maximum atomic E-state index is 12.8. The number of aliphatic carboxylic acids is 1. The summed E-state index contributed by atoms with van der Waals surface area (Å²) in [5.41, 5.74) is 2.53. The van der Waals surface area contributed by atoms with Crippen molar-refractivity contribution in [2.75, 3.05) is 6.61 Å². The molecule has 7 heteroatoms. The number of halogens is 4. The first-order chi connectivity index (χ1) is 14.0. The summed E-state index contributed by atoms with van der Waals surface area (Å²) in [7, 11) is 0. The average Bonchev–Trinajstić information content (AvgIpc) is 3.48. The van der Waals surface area contributed by atoms with Gasteiger partial charge in [0, 0.05) is 5.56 Å². The molecule has 0 aliphatic heterocycles. The molecule has 3 nitrogen and oxygen atoms in total. The van der Waals surface area contributed by atoms with E-state index >= 15 is 0 Å². The van der Waals surface area contributed by atoms with Crippen LogP contribution in [0.15, 0.2) is 36.4 Å². The van der Waals surface area contributed by atoms with Crippen LogP contribution in [0.25, 0.3) is 11.1 Å². The molecule has 1 aliphatic carbocycles. The van der Waals surface area contributed by atoms with Crippen molar-refractivity contribution in [1.82, 2.24) is 0 Å². The second-order valence-electron chi connectivity index (χ2n) is 8.13. The molecule has 0 bridgehead atoms. The number of carboxylic acids is 1. The highest BCUT2D eigenvalue weighted by Gasteiger charge is 2.33. The van der Waals surface area contributed by atoms with Gasteiger partial charge in [-0.3, -0.25) is 4.79 Å². The molecule has 2 aromatic rings. The molecule has 0 saturated heterocycles. The van der Waals surface area contributed by atoms with Gasteiger partial charge in [0.15, 0.2) is 6.61 Å². The minimum Gasteiger partial charge on any atom is -0.482 e. The van der Waals surface area contributed by atoms with Crippen LogP contribution in [0.3, 0.4) is 0 Å². The second kappa shape index (κ2) is 8.88. The Morgan fingerprint density at radius 1 is 1.17 bits per heavy atom. The Balaban J connectivity index is 2.06. The fourth-order valence-electron chi connectivity index (χ4n) is 3.44. The molecule has 0 amide bonds. The fourth-order valence-corrected chi connectivity index (χ4v) is 3.73. The van der Waals surface area contributed by atoms with E-state index in [1.165, 1.54) is 6.07 Å². The summed E-state index contributed by atoms with van der Waals surface area (Å²) in [5, 5.41) is 9.68. The summed E-state index contributed by atoms with van der Waals surface area (Å²) in [6.45, 7) is 2.60. The smallest absolute Gasteiger partial charge is 0.422 e. The molecule has 1 saturated carbocycles. The van der Waals surface area contributed by atoms with E-state index in [4.69, 9.17) is 16.3 Å². The van der Waals surface area contributed by atoms with E-state index in [1.54, 1.807) is 18.2 Å². The van der Waals surface area contributed by atoms with E-state index in [1.807, 2.05) is 26.0 Å². The van der Waals surface area contributed by atoms with E-state index in [0.29, 0.717) is 34.9 Å². The van der Waals surface area contributed by atoms with Gasteiger partial charge in [-0.25, -0.2) is 0 Å². The highest BCUT2D eigenvalue weighted by atomic mass is 35.5. The molecule has 0 heterocycles. The fraction of sp³-hybridized carbons (Fsp3) is 0.435. The molecule has 0 spiro atoms. The van der Waals surface area contributed by atoms with E-state index in [-0.39, 0.29) is 10.8 Å². The van der Waals surface area contributed by atoms with Gasteiger partial charge in [-0.1, -0.05) is 62.6 Å². The molecule has 1 fully saturated rings. The van der Waals surface area contributed by atoms with Crippen LogP contribution < -0.4 is 4.74 Å². The second-order valence-corrected chi connectivity index (χ2v) is 8.54. The van der Waals surface area contributed by atoms with Crippen LogP contribution in [-0.2, 0) is 4.79 Å². The van der Waals surface area contributed by atoms with Gasteiger partial charge in [-0.05, 0) is 47.1 Å². The lowest BCUT2D eigenvalue weighted by molar-refractivity contribution is -0.153. The van der Waals surface area contributed by atoms with Crippen molar-refractivity contribution in [2.24, 2.45) is 5.92 Å². The number of carbonyl (C=O) groups is 1. The van der Waals surface area contributed by atoms with E-state index in [0.717, 1.165) is 18.4 Å². The zero-order valence-corrected chi connectivity index (χ0v) is 17.6. The van der Waals surface area contributed by atoms with E-state index in [2.05, 4.69) is 0 Å². The summed E-state index contributed by atoms with van der Waals surface area (Å²) in [6.07, 6.45) is -2.04. The minimum atomic E-state index is -4.52. The van der Waals surface area contributed by atoms with E-state index in [9.17, 15) is 23.1 Å². The zero-order valence-electron chi connectivity index (χ0n) is 16.8. The van der Waals surface area contributed by atoms with Crippen LogP contribution in [0, 0.1) is 5.92 Å². The summed E-state index contributed by atoms with van der Waals surface area (Å²) >= 11 is 6.31. The van der Waals surface area contributed by atoms with Crippen molar-refractivity contribution in [3.05, 3.63) is 52.5 Å². The Kier molecular flexibility index (Phi) is 6.65. The van der Waals surface area contributed by atoms with Crippen LogP contribution in [-0.4, -0.2) is 23.9 Å². The van der Waals surface area contributed by atoms with Crippen molar-refractivity contribution >= 4 is 17.6 Å². The molecule has 0 unspecified atom stereocenters. The molecule has 1 atom stereocenters. The molecule has 30 heavy (non-hydrogen) atoms. The first kappa shape index (κ1) is 22.5. The first-order valence-electron chi connectivity index (χ1n) is 9.91. The van der Waals surface area contributed by atoms with Gasteiger partial charge in [0.1, 0.15) is 5.75 Å². The normalized spacial score (nSPS) is 15.3. The standard InChI is InChI=1S/C23H24ClF3O3/c1-13(2)15-5-7-16(8-6-15)18-10-17(19(22(28)29)9-14-3-4-14)11-20(24)21(18)30-12-23(25,26)27/h5-8,10-11,13-14,19H,3-4,9,12H2,1-2H3,(H,28,29)/t19-/m0/s1. The minimum absolute atomic E-state index is 0.0262. The lowest BCUT2D eigenvalue weighted by Crippen LogP contribution is -2.20. The van der Waals surface area contributed by atoms with Gasteiger partial charge in [0.25, 0.3) is 0 Å². The SMILES string of the molecule is CC(C)c1ccc(-c2cc([C@H](CC3CC3)C(=O)O)cc(Cl)c2OCC(F)(F)F)cc1. The highest BCUT2D eigenvalue weighted by Crippen LogP contribution is 2.44. The number of carboxylic acid groups (broad SMARTS) is 1. The number of alkyl halides is 3. The third-order valence-corrected chi connectivity index (χ3v) is 5.58. The third-order valence-electron chi connectivity index (χ3n) is 5.30. The van der Waals surface area contributed by atoms with Crippen molar-refractivity contribution in [3.8, 4) is 16.9 Å². The van der Waals surface area contributed by atoms with Crippen molar-refractivity contribution in [2.45, 2.75) is 51.1 Å². The van der Waals surface area contributed by atoms with Crippen LogP contribution in [0.2, 0.25) is 5.02 Å². The predicted octanol–water partition coefficient (Wildman–Crippen LogP) is 7.04. The molecule has 1 aliphatic rings. The van der Waals surface area contributed by atoms with Gasteiger partial charge >= 0.3 is 12.1 Å². The molecule has 1 N–H and O–H groups in total. The summed E-state index contributed by atoms with van der Waals surface area (Å²) in [6, 6.07) is 10.4. The maximum absolute atomic E-state index is 12.8. The van der Waals surface area contributed by atoms with Crippen LogP contribution in [0.1, 0.15) is 56.1 Å². The Morgan fingerprint density at radius 2 is 1.80 bits per heavy atom. The predicted molar refractivity (Wildman–Crippen MR) is 110 cm³/mol. The molecular weight excluding hydrogens is 417 g/mol. The highest BCUT2D eigenvalue weighted by molar-refractivity contribution is 6.32. The molecule has 162 valence electrons. The lowest BCUT2D eigenvalue weighted by atomic mass is 9.90. The molecule has 0 radical (unpaired) electrons. The Morgan fingerprint density at radius 3 is 2.30 bits per heavy atom. The van der Waals surface area contributed by atoms with Gasteiger partial charge in [-0.2, -0.15) is 13.2 Å². The summed E-state index contributed by atoms with van der Waals surface area (Å²) < 4.78 is 43.3. The number of benzene rings is 2. The van der Waals surface area contributed by atoms with Gasteiger partial charge in [0.05, 0.1) is 10.9 Å². The van der Waals surface area contributed by atoms with Gasteiger partial charge in [-0.15, -0.1) is 0 Å². The monoisotopic (exact) mass is 440 g/mol.